The number of ether oxygens (including phenoxy) is 1. The summed E-state index contributed by atoms with van der Waals surface area (Å²) in [5.41, 5.74) is 4.40. The van der Waals surface area contributed by atoms with Gasteiger partial charge in [-0.05, 0) is 67.4 Å². The molecule has 3 aromatic carbocycles. The van der Waals surface area contributed by atoms with E-state index in [9.17, 15) is 9.59 Å². The summed E-state index contributed by atoms with van der Waals surface area (Å²) in [6.07, 6.45) is 0. The quantitative estimate of drug-likeness (QED) is 0.551. The van der Waals surface area contributed by atoms with Crippen LogP contribution in [0, 0.1) is 13.8 Å². The molecule has 1 N–H and O–H groups in total. The highest BCUT2D eigenvalue weighted by Crippen LogP contribution is 2.37. The van der Waals surface area contributed by atoms with Crippen LogP contribution < -0.4 is 15.0 Å². The van der Waals surface area contributed by atoms with Crippen LogP contribution in [-0.4, -0.2) is 18.9 Å². The summed E-state index contributed by atoms with van der Waals surface area (Å²) >= 11 is 5.99. The number of methoxy groups -OCH3 is 1. The van der Waals surface area contributed by atoms with E-state index in [0.29, 0.717) is 22.0 Å². The second-order valence-corrected chi connectivity index (χ2v) is 7.73. The van der Waals surface area contributed by atoms with E-state index in [2.05, 4.69) is 5.32 Å². The van der Waals surface area contributed by atoms with E-state index in [-0.39, 0.29) is 11.3 Å². The predicted molar refractivity (Wildman–Crippen MR) is 123 cm³/mol. The molecule has 0 atom stereocenters. The van der Waals surface area contributed by atoms with E-state index in [4.69, 9.17) is 16.3 Å². The zero-order valence-corrected chi connectivity index (χ0v) is 18.2. The summed E-state index contributed by atoms with van der Waals surface area (Å²) in [5, 5.41) is 3.71. The standard InChI is InChI=1S/C25H21ClN2O3/c1-15-8-11-18(14-16(15)2)27-23-22(20-6-4-5-7-21(20)31-3)24(29)28(25(23)30)19-12-9-17(26)10-13-19/h4-14,27H,1-3H3. The number of amides is 2. The van der Waals surface area contributed by atoms with Crippen molar-refractivity contribution in [3.05, 3.63) is 94.1 Å². The first kappa shape index (κ1) is 20.7. The first-order valence-electron chi connectivity index (χ1n) is 9.77. The minimum Gasteiger partial charge on any atom is -0.496 e. The van der Waals surface area contributed by atoms with Crippen LogP contribution in [0.3, 0.4) is 0 Å². The smallest absolute Gasteiger partial charge is 0.282 e. The molecule has 6 heteroatoms. The lowest BCUT2D eigenvalue weighted by atomic mass is 10.0. The summed E-state index contributed by atoms with van der Waals surface area (Å²) in [6.45, 7) is 4.02. The number of halogens is 1. The third kappa shape index (κ3) is 3.80. The molecule has 0 bridgehead atoms. The average molecular weight is 433 g/mol. The topological polar surface area (TPSA) is 58.6 Å². The third-order valence-electron chi connectivity index (χ3n) is 5.32. The predicted octanol–water partition coefficient (Wildman–Crippen LogP) is 5.36. The van der Waals surface area contributed by atoms with E-state index >= 15 is 0 Å². The van der Waals surface area contributed by atoms with Gasteiger partial charge in [0.1, 0.15) is 11.4 Å². The summed E-state index contributed by atoms with van der Waals surface area (Å²) in [6, 6.07) is 19.6. The second-order valence-electron chi connectivity index (χ2n) is 7.30. The number of carbonyl (C=O) groups excluding carboxylic acids is 2. The van der Waals surface area contributed by atoms with Gasteiger partial charge in [0.05, 0.1) is 18.4 Å². The van der Waals surface area contributed by atoms with Gasteiger partial charge < -0.3 is 10.1 Å². The van der Waals surface area contributed by atoms with Crippen molar-refractivity contribution < 1.29 is 14.3 Å². The van der Waals surface area contributed by atoms with Crippen molar-refractivity contribution in [1.29, 1.82) is 0 Å². The Morgan fingerprint density at radius 1 is 0.871 bits per heavy atom. The van der Waals surface area contributed by atoms with Gasteiger partial charge in [0.2, 0.25) is 0 Å². The van der Waals surface area contributed by atoms with Crippen molar-refractivity contribution in [1.82, 2.24) is 0 Å². The highest BCUT2D eigenvalue weighted by molar-refractivity contribution is 6.46. The number of carbonyl (C=O) groups is 2. The number of aryl methyl sites for hydroxylation is 2. The van der Waals surface area contributed by atoms with E-state index < -0.39 is 11.8 Å². The molecule has 31 heavy (non-hydrogen) atoms. The Morgan fingerprint density at radius 2 is 1.58 bits per heavy atom. The molecular formula is C25H21ClN2O3. The van der Waals surface area contributed by atoms with Crippen LogP contribution in [-0.2, 0) is 9.59 Å². The highest BCUT2D eigenvalue weighted by atomic mass is 35.5. The Morgan fingerprint density at radius 3 is 2.26 bits per heavy atom. The first-order chi connectivity index (χ1) is 14.9. The van der Waals surface area contributed by atoms with Gasteiger partial charge in [0, 0.05) is 16.3 Å². The number of hydrogen-bond donors (Lipinski definition) is 1. The van der Waals surface area contributed by atoms with Crippen molar-refractivity contribution in [2.75, 3.05) is 17.3 Å². The van der Waals surface area contributed by atoms with E-state index in [1.165, 1.54) is 7.11 Å². The van der Waals surface area contributed by atoms with Crippen molar-refractivity contribution in [3.8, 4) is 5.75 Å². The molecule has 3 aromatic rings. The monoisotopic (exact) mass is 432 g/mol. The fourth-order valence-electron chi connectivity index (χ4n) is 3.53. The van der Waals surface area contributed by atoms with Crippen LogP contribution >= 0.6 is 11.6 Å². The lowest BCUT2D eigenvalue weighted by Gasteiger charge is -2.16. The molecule has 2 amide bonds. The van der Waals surface area contributed by atoms with Crippen molar-refractivity contribution >= 4 is 40.4 Å². The van der Waals surface area contributed by atoms with Gasteiger partial charge in [-0.2, -0.15) is 0 Å². The fraction of sp³-hybridized carbons (Fsp3) is 0.120. The molecule has 4 rings (SSSR count). The number of benzene rings is 3. The third-order valence-corrected chi connectivity index (χ3v) is 5.57. The van der Waals surface area contributed by atoms with Crippen molar-refractivity contribution in [2.24, 2.45) is 0 Å². The molecule has 0 unspecified atom stereocenters. The second kappa shape index (κ2) is 8.28. The number of imide groups is 1. The normalized spacial score (nSPS) is 13.7. The molecule has 0 saturated heterocycles. The largest absolute Gasteiger partial charge is 0.496 e. The number of nitrogens with zero attached hydrogens (tertiary/aromatic N) is 1. The Labute approximate surface area is 185 Å². The Bertz CT molecular complexity index is 1220. The van der Waals surface area contributed by atoms with Gasteiger partial charge in [0.25, 0.3) is 11.8 Å². The highest BCUT2D eigenvalue weighted by Gasteiger charge is 2.41. The van der Waals surface area contributed by atoms with E-state index in [1.807, 2.05) is 38.1 Å². The lowest BCUT2D eigenvalue weighted by molar-refractivity contribution is -0.120. The average Bonchev–Trinajstić information content (AvgIpc) is 3.01. The molecule has 5 nitrogen and oxygen atoms in total. The van der Waals surface area contributed by atoms with Gasteiger partial charge in [0.15, 0.2) is 0 Å². The molecule has 0 aliphatic carbocycles. The molecule has 1 heterocycles. The van der Waals surface area contributed by atoms with Crippen molar-refractivity contribution in [2.45, 2.75) is 13.8 Å². The minimum absolute atomic E-state index is 0.202. The minimum atomic E-state index is -0.438. The van der Waals surface area contributed by atoms with Crippen LogP contribution in [0.25, 0.3) is 5.57 Å². The zero-order chi connectivity index (χ0) is 22.1. The van der Waals surface area contributed by atoms with Crippen LogP contribution in [0.2, 0.25) is 5.02 Å². The van der Waals surface area contributed by atoms with Crippen LogP contribution in [0.15, 0.2) is 72.4 Å². The Balaban J connectivity index is 1.86. The van der Waals surface area contributed by atoms with Crippen molar-refractivity contribution in [3.63, 3.8) is 0 Å². The molecule has 0 spiro atoms. The summed E-state index contributed by atoms with van der Waals surface area (Å²) in [5.74, 6) is -0.356. The molecular weight excluding hydrogens is 412 g/mol. The molecule has 1 aliphatic rings. The number of nitrogens with one attached hydrogen (secondary N) is 1. The molecule has 156 valence electrons. The SMILES string of the molecule is COc1ccccc1C1=C(Nc2ccc(C)c(C)c2)C(=O)N(c2ccc(Cl)cc2)C1=O. The molecule has 0 aromatic heterocycles. The fourth-order valence-corrected chi connectivity index (χ4v) is 3.66. The number of anilines is 2. The summed E-state index contributed by atoms with van der Waals surface area (Å²) < 4.78 is 5.47. The molecule has 0 saturated carbocycles. The number of rotatable bonds is 5. The summed E-state index contributed by atoms with van der Waals surface area (Å²) in [7, 11) is 1.54. The molecule has 0 fully saturated rings. The Hall–Kier alpha value is -3.57. The number of hydrogen-bond acceptors (Lipinski definition) is 4. The van der Waals surface area contributed by atoms with Gasteiger partial charge in [-0.1, -0.05) is 35.9 Å². The number of para-hydroxylation sites is 1. The van der Waals surface area contributed by atoms with Crippen LogP contribution in [0.1, 0.15) is 16.7 Å². The van der Waals surface area contributed by atoms with Gasteiger partial charge >= 0.3 is 0 Å². The van der Waals surface area contributed by atoms with E-state index in [1.54, 1.807) is 42.5 Å². The maximum absolute atomic E-state index is 13.5. The van der Waals surface area contributed by atoms with Crippen LogP contribution in [0.5, 0.6) is 5.75 Å². The first-order valence-corrected chi connectivity index (χ1v) is 10.1. The Kier molecular flexibility index (Phi) is 5.53. The molecule has 1 aliphatic heterocycles. The van der Waals surface area contributed by atoms with Gasteiger partial charge in [-0.3, -0.25) is 9.59 Å². The molecule has 0 radical (unpaired) electrons. The van der Waals surface area contributed by atoms with E-state index in [0.717, 1.165) is 21.7 Å². The maximum Gasteiger partial charge on any atom is 0.282 e. The van der Waals surface area contributed by atoms with Crippen LogP contribution in [0.4, 0.5) is 11.4 Å². The zero-order valence-electron chi connectivity index (χ0n) is 17.4. The van der Waals surface area contributed by atoms with Gasteiger partial charge in [-0.25, -0.2) is 4.90 Å². The maximum atomic E-state index is 13.5. The summed E-state index contributed by atoms with van der Waals surface area (Å²) in [4.78, 5) is 28.1. The van der Waals surface area contributed by atoms with Gasteiger partial charge in [-0.15, -0.1) is 0 Å². The lowest BCUT2D eigenvalue weighted by Crippen LogP contribution is -2.32.